The molecule has 162 valence electrons. The predicted octanol–water partition coefficient (Wildman–Crippen LogP) is 5.02. The molecule has 2 aromatic carbocycles. The summed E-state index contributed by atoms with van der Waals surface area (Å²) in [5.41, 5.74) is 1.46. The Labute approximate surface area is 194 Å². The molecule has 0 bridgehead atoms. The lowest BCUT2D eigenvalue weighted by atomic mass is 9.95. The maximum Gasteiger partial charge on any atom is 0.296 e. The smallest absolute Gasteiger partial charge is 0.296 e. The second-order valence-corrected chi connectivity index (χ2v) is 7.97. The molecule has 4 rings (SSSR count). The Kier molecular flexibility index (Phi) is 6.17. The van der Waals surface area contributed by atoms with E-state index in [0.717, 1.165) is 0 Å². The van der Waals surface area contributed by atoms with E-state index < -0.39 is 17.7 Å². The van der Waals surface area contributed by atoms with Crippen molar-refractivity contribution in [2.75, 3.05) is 7.11 Å². The van der Waals surface area contributed by atoms with Crippen LogP contribution in [0.1, 0.15) is 22.9 Å². The van der Waals surface area contributed by atoms with E-state index >= 15 is 0 Å². The Hall–Kier alpha value is -3.35. The first-order chi connectivity index (χ1) is 15.4. The highest BCUT2D eigenvalue weighted by molar-refractivity contribution is 6.46. The first-order valence-corrected chi connectivity index (χ1v) is 10.4. The summed E-state index contributed by atoms with van der Waals surface area (Å²) in [6.45, 7) is 0.0887. The van der Waals surface area contributed by atoms with Crippen molar-refractivity contribution in [1.82, 2.24) is 9.88 Å². The number of nitrogens with zero attached hydrogens (tertiary/aromatic N) is 2. The van der Waals surface area contributed by atoms with Crippen LogP contribution in [-0.2, 0) is 16.1 Å². The molecule has 3 aromatic rings. The number of pyridine rings is 1. The predicted molar refractivity (Wildman–Crippen MR) is 122 cm³/mol. The van der Waals surface area contributed by atoms with E-state index in [2.05, 4.69) is 4.98 Å². The molecule has 2 heterocycles. The molecule has 0 spiro atoms. The number of benzene rings is 2. The molecule has 1 N–H and O–H groups in total. The van der Waals surface area contributed by atoms with Crippen molar-refractivity contribution >= 4 is 40.7 Å². The Bertz CT molecular complexity index is 1230. The number of methoxy groups -OCH3 is 1. The van der Waals surface area contributed by atoms with Gasteiger partial charge in [0.1, 0.15) is 11.5 Å². The van der Waals surface area contributed by atoms with Crippen molar-refractivity contribution in [1.29, 1.82) is 0 Å². The van der Waals surface area contributed by atoms with Gasteiger partial charge in [0.15, 0.2) is 0 Å². The van der Waals surface area contributed by atoms with Crippen molar-refractivity contribution in [3.8, 4) is 5.75 Å². The highest BCUT2D eigenvalue weighted by Crippen LogP contribution is 2.41. The highest BCUT2D eigenvalue weighted by atomic mass is 35.5. The van der Waals surface area contributed by atoms with Crippen molar-refractivity contribution < 1.29 is 19.4 Å². The minimum Gasteiger partial charge on any atom is -0.507 e. The molecular weight excluding hydrogens is 451 g/mol. The number of amides is 1. The molecule has 0 saturated carbocycles. The van der Waals surface area contributed by atoms with Crippen LogP contribution in [0.3, 0.4) is 0 Å². The SMILES string of the molecule is COc1cccc(C2/C(=C(/O)c3ccc(Cl)c(Cl)c3)C(=O)C(=O)N2Cc2ccccn2)c1. The molecule has 1 aliphatic rings. The fourth-order valence-electron chi connectivity index (χ4n) is 3.67. The zero-order chi connectivity index (χ0) is 22.8. The van der Waals surface area contributed by atoms with Gasteiger partial charge in [0, 0.05) is 11.8 Å². The molecular formula is C24H18Cl2N2O4. The molecule has 1 fully saturated rings. The number of ether oxygens (including phenoxy) is 1. The normalized spacial score (nSPS) is 17.6. The molecule has 1 aromatic heterocycles. The molecule has 0 aliphatic carbocycles. The molecule has 1 saturated heterocycles. The number of hydrogen-bond acceptors (Lipinski definition) is 5. The summed E-state index contributed by atoms with van der Waals surface area (Å²) in [6.07, 6.45) is 1.61. The van der Waals surface area contributed by atoms with Crippen molar-refractivity contribution in [2.45, 2.75) is 12.6 Å². The lowest BCUT2D eigenvalue weighted by Gasteiger charge is -2.25. The second kappa shape index (κ2) is 9.02. The van der Waals surface area contributed by atoms with Gasteiger partial charge >= 0.3 is 0 Å². The quantitative estimate of drug-likeness (QED) is 0.323. The van der Waals surface area contributed by atoms with E-state index in [4.69, 9.17) is 27.9 Å². The Balaban J connectivity index is 1.89. The lowest BCUT2D eigenvalue weighted by molar-refractivity contribution is -0.140. The number of likely N-dealkylation sites (tertiary alicyclic amines) is 1. The summed E-state index contributed by atoms with van der Waals surface area (Å²) < 4.78 is 5.32. The van der Waals surface area contributed by atoms with Crippen LogP contribution in [0, 0.1) is 0 Å². The van der Waals surface area contributed by atoms with Crippen LogP contribution in [0.2, 0.25) is 10.0 Å². The summed E-state index contributed by atoms with van der Waals surface area (Å²) in [6, 6.07) is 16.0. The van der Waals surface area contributed by atoms with Gasteiger partial charge in [0.25, 0.3) is 11.7 Å². The summed E-state index contributed by atoms with van der Waals surface area (Å²) in [5.74, 6) is -1.30. The highest BCUT2D eigenvalue weighted by Gasteiger charge is 2.46. The van der Waals surface area contributed by atoms with Gasteiger partial charge in [-0.3, -0.25) is 14.6 Å². The number of rotatable bonds is 5. The van der Waals surface area contributed by atoms with Crippen LogP contribution < -0.4 is 4.74 Å². The number of aliphatic hydroxyl groups excluding tert-OH is 1. The zero-order valence-electron chi connectivity index (χ0n) is 17.0. The Morgan fingerprint density at radius 1 is 1.06 bits per heavy atom. The van der Waals surface area contributed by atoms with Crippen LogP contribution in [0.4, 0.5) is 0 Å². The van der Waals surface area contributed by atoms with E-state index in [-0.39, 0.29) is 28.5 Å². The van der Waals surface area contributed by atoms with Crippen LogP contribution >= 0.6 is 23.2 Å². The molecule has 0 radical (unpaired) electrons. The summed E-state index contributed by atoms with van der Waals surface area (Å²) >= 11 is 12.1. The van der Waals surface area contributed by atoms with Gasteiger partial charge in [-0.1, -0.05) is 41.4 Å². The van der Waals surface area contributed by atoms with Crippen molar-refractivity contribution in [3.63, 3.8) is 0 Å². The van der Waals surface area contributed by atoms with Crippen LogP contribution in [0.15, 0.2) is 72.4 Å². The van der Waals surface area contributed by atoms with Crippen LogP contribution in [0.5, 0.6) is 5.75 Å². The molecule has 1 atom stereocenters. The number of aromatic nitrogens is 1. The van der Waals surface area contributed by atoms with Gasteiger partial charge in [0.05, 0.1) is 41.0 Å². The third-order valence-electron chi connectivity index (χ3n) is 5.20. The topological polar surface area (TPSA) is 79.7 Å². The van der Waals surface area contributed by atoms with E-state index in [1.807, 2.05) is 0 Å². The molecule has 1 aliphatic heterocycles. The van der Waals surface area contributed by atoms with Gasteiger partial charge < -0.3 is 14.7 Å². The number of carbonyl (C=O) groups is 2. The number of halogens is 2. The fourth-order valence-corrected chi connectivity index (χ4v) is 3.96. The van der Waals surface area contributed by atoms with E-state index in [0.29, 0.717) is 22.0 Å². The number of hydrogen-bond donors (Lipinski definition) is 1. The van der Waals surface area contributed by atoms with Crippen LogP contribution in [0.25, 0.3) is 5.76 Å². The van der Waals surface area contributed by atoms with Gasteiger partial charge in [-0.15, -0.1) is 0 Å². The van der Waals surface area contributed by atoms with Crippen LogP contribution in [-0.4, -0.2) is 33.8 Å². The second-order valence-electron chi connectivity index (χ2n) is 7.15. The molecule has 1 unspecified atom stereocenters. The lowest BCUT2D eigenvalue weighted by Crippen LogP contribution is -2.29. The monoisotopic (exact) mass is 468 g/mol. The fraction of sp³-hybridized carbons (Fsp3) is 0.125. The van der Waals surface area contributed by atoms with Crippen molar-refractivity contribution in [3.05, 3.63) is 99.3 Å². The van der Waals surface area contributed by atoms with Gasteiger partial charge in [-0.05, 0) is 48.0 Å². The maximum atomic E-state index is 13.1. The van der Waals surface area contributed by atoms with E-state index in [1.54, 1.807) is 54.7 Å². The maximum absolute atomic E-state index is 13.1. The minimum absolute atomic E-state index is 0.0439. The summed E-state index contributed by atoms with van der Waals surface area (Å²) in [4.78, 5) is 31.8. The van der Waals surface area contributed by atoms with Gasteiger partial charge in [-0.2, -0.15) is 0 Å². The largest absolute Gasteiger partial charge is 0.507 e. The minimum atomic E-state index is -0.846. The molecule has 32 heavy (non-hydrogen) atoms. The first-order valence-electron chi connectivity index (χ1n) is 9.68. The Morgan fingerprint density at radius 3 is 2.56 bits per heavy atom. The molecule has 8 heteroatoms. The van der Waals surface area contributed by atoms with Crippen molar-refractivity contribution in [2.24, 2.45) is 0 Å². The van der Waals surface area contributed by atoms with E-state index in [1.165, 1.54) is 24.1 Å². The summed E-state index contributed by atoms with van der Waals surface area (Å²) in [7, 11) is 1.53. The molecule has 1 amide bonds. The Morgan fingerprint density at radius 2 is 1.88 bits per heavy atom. The number of ketones is 1. The van der Waals surface area contributed by atoms with Gasteiger partial charge in [-0.25, -0.2) is 0 Å². The molecule has 6 nitrogen and oxygen atoms in total. The zero-order valence-corrected chi connectivity index (χ0v) is 18.5. The first kappa shape index (κ1) is 21.9. The van der Waals surface area contributed by atoms with E-state index in [9.17, 15) is 14.7 Å². The standard InChI is InChI=1S/C24H18Cl2N2O4/c1-32-17-7-4-5-14(11-17)21-20(22(29)15-8-9-18(25)19(26)12-15)23(30)24(31)28(21)13-16-6-2-3-10-27-16/h2-12,21,29H,13H2,1H3/b22-20-. The third kappa shape index (κ3) is 4.07. The average molecular weight is 469 g/mol. The average Bonchev–Trinajstić information content (AvgIpc) is 3.06. The van der Waals surface area contributed by atoms with Gasteiger partial charge in [0.2, 0.25) is 0 Å². The number of carbonyl (C=O) groups excluding carboxylic acids is 2. The number of Topliss-reactive ketones (excluding diaryl/α,β-unsaturated/α-hetero) is 1. The number of aliphatic hydroxyl groups is 1. The third-order valence-corrected chi connectivity index (χ3v) is 5.94. The summed E-state index contributed by atoms with van der Waals surface area (Å²) in [5, 5.41) is 11.6.